The molecule has 0 spiro atoms. The third-order valence-corrected chi connectivity index (χ3v) is 0. The maximum absolute atomic E-state index is 0. The summed E-state index contributed by atoms with van der Waals surface area (Å²) in [5.74, 6) is 0. The summed E-state index contributed by atoms with van der Waals surface area (Å²) in [4.78, 5) is 0. The van der Waals surface area contributed by atoms with E-state index in [1.807, 2.05) is 0 Å². The molecule has 0 saturated carbocycles. The first-order valence-electron chi connectivity index (χ1n) is 0. The van der Waals surface area contributed by atoms with Gasteiger partial charge in [-0.25, -0.2) is 0 Å². The zero-order valence-corrected chi connectivity index (χ0v) is 12.0. The molecular formula is InO6TaTi. The van der Waals surface area contributed by atoms with Crippen molar-refractivity contribution in [2.75, 3.05) is 0 Å². The van der Waals surface area contributed by atoms with E-state index in [1.54, 1.807) is 0 Å². The van der Waals surface area contributed by atoms with Gasteiger partial charge in [0.1, 0.15) is 0 Å². The third kappa shape index (κ3) is 152. The summed E-state index contributed by atoms with van der Waals surface area (Å²) in [7, 11) is 0. The van der Waals surface area contributed by atoms with Gasteiger partial charge in [-0.05, 0) is 0 Å². The first-order chi connectivity index (χ1) is 0. The molecule has 0 aliphatic heterocycles. The van der Waals surface area contributed by atoms with E-state index in [4.69, 9.17) is 0 Å². The topological polar surface area (TPSA) is 171 Å². The normalized spacial score (nSPS) is 0. The molecule has 0 saturated heterocycles. The van der Waals surface area contributed by atoms with Gasteiger partial charge in [0.15, 0.2) is 0 Å². The van der Waals surface area contributed by atoms with Gasteiger partial charge in [0, 0.05) is 0 Å². The summed E-state index contributed by atoms with van der Waals surface area (Å²) in [6.07, 6.45) is 0. The van der Waals surface area contributed by atoms with Gasteiger partial charge in [-0.1, -0.05) is 0 Å². The predicted octanol–water partition coefficient (Wildman–Crippen LogP) is -1.10. The molecule has 0 rings (SSSR count). The molecular weight excluding hydrogens is 440 g/mol. The average Bonchev–Trinajstić information content (AvgIpc) is 0. The number of hydrogen-bond donors (Lipinski definition) is 0. The third-order valence-electron chi connectivity index (χ3n) is 0. The summed E-state index contributed by atoms with van der Waals surface area (Å²) in [5, 5.41) is 0. The summed E-state index contributed by atoms with van der Waals surface area (Å²) >= 11 is 0. The molecule has 9 heteroatoms. The zero-order chi connectivity index (χ0) is 0. The van der Waals surface area contributed by atoms with Crippen molar-refractivity contribution >= 4 is 25.8 Å². The monoisotopic (exact) mass is 440 g/mol. The van der Waals surface area contributed by atoms with Gasteiger partial charge in [0.05, 0.1) is 0 Å². The van der Waals surface area contributed by atoms with E-state index in [2.05, 4.69) is 0 Å². The Bertz CT molecular complexity index is 13.0. The number of hydrogen-bond acceptors (Lipinski definition) is 0. The van der Waals surface area contributed by atoms with Crippen LogP contribution in [0.15, 0.2) is 0 Å². The summed E-state index contributed by atoms with van der Waals surface area (Å²) in [6, 6.07) is 0. The fourth-order valence-electron chi connectivity index (χ4n) is 0. The standard InChI is InChI=1S/In.6O.Ta.Ti/q+3;6*-2;+5;+4. The quantitative estimate of drug-likeness (QED) is 0.418. The Hall–Kier alpha value is 2.08. The van der Waals surface area contributed by atoms with Crippen LogP contribution in [0.2, 0.25) is 0 Å². The number of rotatable bonds is 0. The van der Waals surface area contributed by atoms with E-state index in [0.717, 1.165) is 0 Å². The van der Waals surface area contributed by atoms with Crippen molar-refractivity contribution in [3.8, 4) is 0 Å². The van der Waals surface area contributed by atoms with Crippen molar-refractivity contribution in [2.45, 2.75) is 0 Å². The molecule has 48 valence electrons. The molecule has 0 atom stereocenters. The Morgan fingerprint density at radius 2 is 0.444 bits per heavy atom. The van der Waals surface area contributed by atoms with Gasteiger partial charge in [-0.15, -0.1) is 0 Å². The molecule has 0 aliphatic carbocycles. The minimum Gasteiger partial charge on any atom is -2.00 e. The first-order valence-corrected chi connectivity index (χ1v) is 0. The van der Waals surface area contributed by atoms with Crippen molar-refractivity contribution in [2.24, 2.45) is 0 Å². The van der Waals surface area contributed by atoms with Crippen LogP contribution in [0.5, 0.6) is 0 Å². The first kappa shape index (κ1) is 259. The zero-order valence-electron chi connectivity index (χ0n) is 3.97. The van der Waals surface area contributed by atoms with Crippen LogP contribution in [0.1, 0.15) is 0 Å². The van der Waals surface area contributed by atoms with Crippen LogP contribution in [-0.4, -0.2) is 25.8 Å². The van der Waals surface area contributed by atoms with Crippen LogP contribution in [0, 0.1) is 0 Å². The molecule has 0 heterocycles. The second kappa shape index (κ2) is 192. The van der Waals surface area contributed by atoms with Gasteiger partial charge in [-0.3, -0.25) is 0 Å². The molecule has 0 aliphatic rings. The van der Waals surface area contributed by atoms with E-state index in [-0.39, 0.29) is 103 Å². The Morgan fingerprint density at radius 3 is 0.444 bits per heavy atom. The summed E-state index contributed by atoms with van der Waals surface area (Å²) < 4.78 is 0. The minimum atomic E-state index is 0. The van der Waals surface area contributed by atoms with Gasteiger partial charge in [-0.2, -0.15) is 0 Å². The van der Waals surface area contributed by atoms with E-state index >= 15 is 0 Å². The molecule has 0 amide bonds. The van der Waals surface area contributed by atoms with E-state index in [9.17, 15) is 0 Å². The Morgan fingerprint density at radius 1 is 0.444 bits per heavy atom. The molecule has 0 aromatic rings. The average molecular weight is 440 g/mol. The molecule has 0 bridgehead atoms. The van der Waals surface area contributed by atoms with Gasteiger partial charge >= 0.3 is 69.9 Å². The second-order valence-electron chi connectivity index (χ2n) is 0. The van der Waals surface area contributed by atoms with Crippen LogP contribution >= 0.6 is 0 Å². The maximum Gasteiger partial charge on any atom is 5.00 e. The van der Waals surface area contributed by atoms with Crippen molar-refractivity contribution in [3.05, 3.63) is 0 Å². The Balaban J connectivity index is 0. The molecule has 0 N–H and O–H groups in total. The van der Waals surface area contributed by atoms with E-state index in [0.29, 0.717) is 0 Å². The summed E-state index contributed by atoms with van der Waals surface area (Å²) in [5.41, 5.74) is 0. The smallest absolute Gasteiger partial charge is 2.00 e. The summed E-state index contributed by atoms with van der Waals surface area (Å²) in [6.45, 7) is 0. The van der Waals surface area contributed by atoms with Crippen LogP contribution < -0.4 is 0 Å². The van der Waals surface area contributed by atoms with Crippen LogP contribution in [0.25, 0.3) is 0 Å². The molecule has 9 heavy (non-hydrogen) atoms. The van der Waals surface area contributed by atoms with Crippen LogP contribution in [0.3, 0.4) is 0 Å². The molecule has 0 radical (unpaired) electrons. The molecule has 0 unspecified atom stereocenters. The van der Waals surface area contributed by atoms with Gasteiger partial charge in [0.25, 0.3) is 0 Å². The van der Waals surface area contributed by atoms with Crippen molar-refractivity contribution < 1.29 is 77.0 Å². The van der Waals surface area contributed by atoms with Gasteiger partial charge < -0.3 is 32.9 Å². The minimum absolute atomic E-state index is 0. The molecule has 0 aromatic heterocycles. The van der Waals surface area contributed by atoms with Crippen LogP contribution in [-0.2, 0) is 77.0 Å². The Kier molecular flexibility index (Phi) is 5520. The SMILES string of the molecule is [In+3].[O-2].[O-2].[O-2].[O-2].[O-2].[O-2].[Ta+5].[Ti+4]. The van der Waals surface area contributed by atoms with Crippen LogP contribution in [0.4, 0.5) is 0 Å². The van der Waals surface area contributed by atoms with Gasteiger partial charge in [0.2, 0.25) is 0 Å². The fourth-order valence-corrected chi connectivity index (χ4v) is 0. The predicted molar refractivity (Wildman–Crippen MR) is 9.87 cm³/mol. The second-order valence-corrected chi connectivity index (χ2v) is 0. The van der Waals surface area contributed by atoms with E-state index < -0.39 is 0 Å². The molecule has 6 nitrogen and oxygen atoms in total. The molecule has 0 fully saturated rings. The van der Waals surface area contributed by atoms with Crippen molar-refractivity contribution in [3.63, 3.8) is 0 Å². The fraction of sp³-hybridized carbons (Fsp3) is 0. The Labute approximate surface area is 102 Å². The molecule has 0 aromatic carbocycles. The van der Waals surface area contributed by atoms with E-state index in [1.165, 1.54) is 0 Å². The van der Waals surface area contributed by atoms with Crippen molar-refractivity contribution in [1.82, 2.24) is 0 Å². The maximum atomic E-state index is 0. The van der Waals surface area contributed by atoms with Crippen molar-refractivity contribution in [1.29, 1.82) is 0 Å². The largest absolute Gasteiger partial charge is 5.00 e.